The van der Waals surface area contributed by atoms with Crippen molar-refractivity contribution < 1.29 is 18.8 Å². The number of carbonyl (C=O) groups is 3. The number of amides is 3. The minimum absolute atomic E-state index is 0.0145. The molecule has 0 radical (unpaired) electrons. The molecule has 0 aliphatic carbocycles. The first-order chi connectivity index (χ1) is 16.2. The molecule has 2 fully saturated rings. The Balaban J connectivity index is 1.53. The van der Waals surface area contributed by atoms with E-state index >= 15 is 0 Å². The smallest absolute Gasteiger partial charge is 0.257 e. The molecule has 3 amide bonds. The Bertz CT molecular complexity index is 1140. The van der Waals surface area contributed by atoms with E-state index in [1.54, 1.807) is 6.07 Å². The Kier molecular flexibility index (Phi) is 5.53. The topological polar surface area (TPSA) is 74.1 Å². The summed E-state index contributed by atoms with van der Waals surface area (Å²) in [5.41, 5.74) is 1.41. The van der Waals surface area contributed by atoms with Gasteiger partial charge in [0.05, 0.1) is 17.0 Å². The molecule has 180 valence electrons. The number of aryl methyl sites for hydroxylation is 2. The first-order valence-corrected chi connectivity index (χ1v) is 12.3. The van der Waals surface area contributed by atoms with Gasteiger partial charge >= 0.3 is 0 Å². The lowest BCUT2D eigenvalue weighted by molar-refractivity contribution is -0.142. The number of furan rings is 1. The van der Waals surface area contributed by atoms with Crippen LogP contribution >= 0.6 is 0 Å². The second kappa shape index (κ2) is 8.29. The molecule has 3 aliphatic heterocycles. The van der Waals surface area contributed by atoms with E-state index in [0.717, 1.165) is 30.8 Å². The van der Waals surface area contributed by atoms with Gasteiger partial charge in [0.2, 0.25) is 5.91 Å². The summed E-state index contributed by atoms with van der Waals surface area (Å²) in [6.45, 7) is 10.2. The standard InChI is InChI=1S/C27H33N3O4/c1-17(2)30-25(32)21-9-6-5-8-20(21)23(26(33)28-12-7-13-28)27(30)10-14-29(15-11-27)24(31)22-16-18(3)34-19(22)4/h5-6,8-9,16-17,23H,7,10-15H2,1-4H3. The van der Waals surface area contributed by atoms with E-state index in [2.05, 4.69) is 0 Å². The zero-order chi connectivity index (χ0) is 24.2. The molecule has 0 N–H and O–H groups in total. The van der Waals surface area contributed by atoms with Crippen molar-refractivity contribution in [2.45, 2.75) is 64.5 Å². The summed E-state index contributed by atoms with van der Waals surface area (Å²) in [5.74, 6) is 0.971. The fourth-order valence-corrected chi connectivity index (χ4v) is 6.17. The van der Waals surface area contributed by atoms with Crippen LogP contribution in [0.5, 0.6) is 0 Å². The maximum atomic E-state index is 13.9. The lowest BCUT2D eigenvalue weighted by Crippen LogP contribution is -2.68. The molecule has 1 aromatic carbocycles. The number of hydrogen-bond donors (Lipinski definition) is 0. The van der Waals surface area contributed by atoms with Gasteiger partial charge in [-0.25, -0.2) is 0 Å². The van der Waals surface area contributed by atoms with Crippen molar-refractivity contribution in [1.29, 1.82) is 0 Å². The average molecular weight is 464 g/mol. The fraction of sp³-hybridized carbons (Fsp3) is 0.519. The zero-order valence-electron chi connectivity index (χ0n) is 20.5. The van der Waals surface area contributed by atoms with Crippen molar-refractivity contribution in [3.05, 3.63) is 58.5 Å². The number of fused-ring (bicyclic) bond motifs is 1. The monoisotopic (exact) mass is 463 g/mol. The third-order valence-corrected chi connectivity index (χ3v) is 7.86. The second-order valence-corrected chi connectivity index (χ2v) is 10.2. The number of hydrogen-bond acceptors (Lipinski definition) is 4. The third kappa shape index (κ3) is 3.36. The summed E-state index contributed by atoms with van der Waals surface area (Å²) < 4.78 is 5.58. The van der Waals surface area contributed by atoms with Crippen LogP contribution in [0.1, 0.15) is 76.8 Å². The Morgan fingerprint density at radius 1 is 1.03 bits per heavy atom. The van der Waals surface area contributed by atoms with Crippen LogP contribution in [0.25, 0.3) is 0 Å². The van der Waals surface area contributed by atoms with Gasteiger partial charge in [-0.05, 0) is 64.7 Å². The predicted octanol–water partition coefficient (Wildman–Crippen LogP) is 3.75. The average Bonchev–Trinajstić information content (AvgIpc) is 3.10. The van der Waals surface area contributed by atoms with Gasteiger partial charge in [0.15, 0.2) is 0 Å². The van der Waals surface area contributed by atoms with Crippen molar-refractivity contribution in [3.63, 3.8) is 0 Å². The van der Waals surface area contributed by atoms with Crippen molar-refractivity contribution >= 4 is 17.7 Å². The van der Waals surface area contributed by atoms with Crippen LogP contribution in [0.15, 0.2) is 34.7 Å². The van der Waals surface area contributed by atoms with E-state index in [0.29, 0.717) is 42.8 Å². The van der Waals surface area contributed by atoms with Gasteiger partial charge in [0, 0.05) is 37.8 Å². The van der Waals surface area contributed by atoms with Crippen LogP contribution in [0.2, 0.25) is 0 Å². The molecule has 7 heteroatoms. The molecule has 0 bridgehead atoms. The van der Waals surface area contributed by atoms with E-state index in [1.165, 1.54) is 0 Å². The Morgan fingerprint density at radius 3 is 2.26 bits per heavy atom. The largest absolute Gasteiger partial charge is 0.466 e. The van der Waals surface area contributed by atoms with E-state index < -0.39 is 11.5 Å². The van der Waals surface area contributed by atoms with Gasteiger partial charge in [0.1, 0.15) is 11.5 Å². The van der Waals surface area contributed by atoms with Crippen LogP contribution in [0, 0.1) is 13.8 Å². The Labute approximate surface area is 200 Å². The molecule has 7 nitrogen and oxygen atoms in total. The number of carbonyl (C=O) groups excluding carboxylic acids is 3. The van der Waals surface area contributed by atoms with Gasteiger partial charge in [-0.1, -0.05) is 18.2 Å². The molecule has 5 rings (SSSR count). The first kappa shape index (κ1) is 22.7. The van der Waals surface area contributed by atoms with Gasteiger partial charge in [-0.3, -0.25) is 14.4 Å². The summed E-state index contributed by atoms with van der Waals surface area (Å²) in [6, 6.07) is 9.31. The molecule has 3 aliphatic rings. The van der Waals surface area contributed by atoms with Gasteiger partial charge < -0.3 is 19.1 Å². The summed E-state index contributed by atoms with van der Waals surface area (Å²) >= 11 is 0. The number of nitrogens with zero attached hydrogens (tertiary/aromatic N) is 3. The molecule has 0 saturated carbocycles. The van der Waals surface area contributed by atoms with E-state index in [1.807, 2.05) is 66.7 Å². The van der Waals surface area contributed by atoms with Crippen molar-refractivity contribution in [3.8, 4) is 0 Å². The van der Waals surface area contributed by atoms with Gasteiger partial charge in [0.25, 0.3) is 11.8 Å². The molecule has 1 atom stereocenters. The van der Waals surface area contributed by atoms with Gasteiger partial charge in [-0.15, -0.1) is 0 Å². The van der Waals surface area contributed by atoms with Crippen molar-refractivity contribution in [2.75, 3.05) is 26.2 Å². The molecule has 2 aromatic rings. The molecule has 4 heterocycles. The van der Waals surface area contributed by atoms with Crippen molar-refractivity contribution in [2.24, 2.45) is 0 Å². The summed E-state index contributed by atoms with van der Waals surface area (Å²) in [4.78, 5) is 46.6. The van der Waals surface area contributed by atoms with Crippen LogP contribution in [-0.4, -0.2) is 70.2 Å². The Hall–Kier alpha value is -3.09. The molecule has 2 saturated heterocycles. The highest BCUT2D eigenvalue weighted by Crippen LogP contribution is 2.49. The maximum Gasteiger partial charge on any atom is 0.257 e. The normalized spacial score (nSPS) is 21.6. The second-order valence-electron chi connectivity index (χ2n) is 10.2. The van der Waals surface area contributed by atoms with Crippen LogP contribution < -0.4 is 0 Å². The summed E-state index contributed by atoms with van der Waals surface area (Å²) in [7, 11) is 0. The van der Waals surface area contributed by atoms with E-state index in [4.69, 9.17) is 4.42 Å². The fourth-order valence-electron chi connectivity index (χ4n) is 6.17. The van der Waals surface area contributed by atoms with E-state index in [-0.39, 0.29) is 23.8 Å². The Morgan fingerprint density at radius 2 is 1.71 bits per heavy atom. The van der Waals surface area contributed by atoms with Crippen LogP contribution in [-0.2, 0) is 4.79 Å². The molecule has 1 aromatic heterocycles. The molecule has 1 unspecified atom stereocenters. The summed E-state index contributed by atoms with van der Waals surface area (Å²) in [6.07, 6.45) is 2.15. The lowest BCUT2D eigenvalue weighted by atomic mass is 9.66. The van der Waals surface area contributed by atoms with E-state index in [9.17, 15) is 14.4 Å². The SMILES string of the molecule is Cc1cc(C(=O)N2CCC3(CC2)C(C(=O)N2CCC2)c2ccccc2C(=O)N3C(C)C)c(C)o1. The van der Waals surface area contributed by atoms with Crippen LogP contribution in [0.3, 0.4) is 0 Å². The number of rotatable bonds is 3. The quantitative estimate of drug-likeness (QED) is 0.695. The lowest BCUT2D eigenvalue weighted by Gasteiger charge is -2.57. The first-order valence-electron chi connectivity index (χ1n) is 12.3. The minimum Gasteiger partial charge on any atom is -0.466 e. The molecule has 34 heavy (non-hydrogen) atoms. The number of piperidine rings is 1. The zero-order valence-corrected chi connectivity index (χ0v) is 20.5. The van der Waals surface area contributed by atoms with Crippen molar-refractivity contribution in [1.82, 2.24) is 14.7 Å². The molecular weight excluding hydrogens is 430 g/mol. The molecule has 1 spiro atoms. The molecular formula is C27H33N3O4. The highest BCUT2D eigenvalue weighted by Gasteiger charge is 2.57. The van der Waals surface area contributed by atoms with Crippen LogP contribution in [0.4, 0.5) is 0 Å². The highest BCUT2D eigenvalue weighted by molar-refractivity contribution is 6.02. The van der Waals surface area contributed by atoms with Gasteiger partial charge in [-0.2, -0.15) is 0 Å². The maximum absolute atomic E-state index is 13.9. The predicted molar refractivity (Wildman–Crippen MR) is 128 cm³/mol. The minimum atomic E-state index is -0.648. The number of likely N-dealkylation sites (tertiary alicyclic amines) is 2. The third-order valence-electron chi connectivity index (χ3n) is 7.86. The number of benzene rings is 1. The highest BCUT2D eigenvalue weighted by atomic mass is 16.3. The summed E-state index contributed by atoms with van der Waals surface area (Å²) in [5, 5.41) is 0.